The maximum absolute atomic E-state index is 12.1. The van der Waals surface area contributed by atoms with Crippen molar-refractivity contribution in [3.8, 4) is 5.75 Å². The van der Waals surface area contributed by atoms with Crippen LogP contribution in [0.15, 0.2) is 18.2 Å². The third-order valence-electron chi connectivity index (χ3n) is 3.49. The van der Waals surface area contributed by atoms with Crippen LogP contribution in [0.5, 0.6) is 5.75 Å². The molecular weight excluding hydrogens is 272 g/mol. The minimum absolute atomic E-state index is 0.00830. The largest absolute Gasteiger partial charge is 0.433 e. The van der Waals surface area contributed by atoms with E-state index in [2.05, 4.69) is 23.9 Å². The Bertz CT molecular complexity index is 451. The molecule has 1 aliphatic carbocycles. The van der Waals surface area contributed by atoms with E-state index >= 15 is 0 Å². The number of nitrogens with one attached hydrogen (secondary N) is 1. The summed E-state index contributed by atoms with van der Waals surface area (Å²) in [4.78, 5) is 0. The number of ether oxygens (including phenoxy) is 1. The molecule has 0 heterocycles. The lowest BCUT2D eigenvalue weighted by molar-refractivity contribution is -0.0497. The van der Waals surface area contributed by atoms with Gasteiger partial charge in [-0.25, -0.2) is 0 Å². The molecule has 1 aromatic rings. The van der Waals surface area contributed by atoms with Gasteiger partial charge in [-0.05, 0) is 42.9 Å². The molecule has 0 aliphatic heterocycles. The number of alkyl halides is 2. The summed E-state index contributed by atoms with van der Waals surface area (Å²) in [5, 5.41) is 3.59. The molecule has 2 rings (SSSR count). The fourth-order valence-electron chi connectivity index (χ4n) is 2.58. The zero-order valence-corrected chi connectivity index (χ0v) is 11.8. The standard InChI is InChI=1S/C14H18ClF2NO/c1-14(2)6-5-10(8-14)18-9-3-4-12(11(15)7-9)19-13(16)17/h3-4,7,10,13,18H,5-6,8H2,1-2H3. The molecule has 0 aromatic heterocycles. The number of benzene rings is 1. The normalized spacial score (nSPS) is 21.7. The Morgan fingerprint density at radius 1 is 1.42 bits per heavy atom. The number of hydrogen-bond acceptors (Lipinski definition) is 2. The molecule has 0 spiro atoms. The average Bonchev–Trinajstić information content (AvgIpc) is 2.61. The van der Waals surface area contributed by atoms with Crippen molar-refractivity contribution in [2.24, 2.45) is 5.41 Å². The second-order valence-electron chi connectivity index (χ2n) is 5.77. The topological polar surface area (TPSA) is 21.3 Å². The van der Waals surface area contributed by atoms with Gasteiger partial charge in [-0.3, -0.25) is 0 Å². The molecule has 0 radical (unpaired) electrons. The minimum Gasteiger partial charge on any atom is -0.433 e. The molecule has 19 heavy (non-hydrogen) atoms. The van der Waals surface area contributed by atoms with Gasteiger partial charge in [-0.1, -0.05) is 25.4 Å². The van der Waals surface area contributed by atoms with Gasteiger partial charge in [0.1, 0.15) is 5.75 Å². The van der Waals surface area contributed by atoms with E-state index in [1.165, 1.54) is 12.5 Å². The van der Waals surface area contributed by atoms with Crippen molar-refractivity contribution in [3.63, 3.8) is 0 Å². The smallest absolute Gasteiger partial charge is 0.387 e. The maximum atomic E-state index is 12.1. The number of anilines is 1. The van der Waals surface area contributed by atoms with Crippen molar-refractivity contribution in [1.82, 2.24) is 0 Å². The van der Waals surface area contributed by atoms with Crippen LogP contribution in [0, 0.1) is 5.41 Å². The SMILES string of the molecule is CC1(C)CCC(Nc2ccc(OC(F)F)c(Cl)c2)C1. The lowest BCUT2D eigenvalue weighted by atomic mass is 9.92. The van der Waals surface area contributed by atoms with E-state index in [0.29, 0.717) is 11.5 Å². The molecule has 1 saturated carbocycles. The second kappa shape index (κ2) is 5.53. The van der Waals surface area contributed by atoms with Gasteiger partial charge < -0.3 is 10.1 Å². The van der Waals surface area contributed by atoms with Gasteiger partial charge in [0.15, 0.2) is 0 Å². The first kappa shape index (κ1) is 14.4. The van der Waals surface area contributed by atoms with Gasteiger partial charge >= 0.3 is 6.61 Å². The number of halogens is 3. The average molecular weight is 290 g/mol. The number of hydrogen-bond donors (Lipinski definition) is 1. The van der Waals surface area contributed by atoms with Crippen LogP contribution >= 0.6 is 11.6 Å². The van der Waals surface area contributed by atoms with Crippen LogP contribution in [-0.4, -0.2) is 12.7 Å². The molecule has 0 amide bonds. The van der Waals surface area contributed by atoms with Gasteiger partial charge in [-0.2, -0.15) is 8.78 Å². The Balaban J connectivity index is 2.00. The third kappa shape index (κ3) is 3.96. The van der Waals surface area contributed by atoms with Crippen molar-refractivity contribution < 1.29 is 13.5 Å². The molecule has 1 atom stereocenters. The molecule has 0 saturated heterocycles. The minimum atomic E-state index is -2.85. The van der Waals surface area contributed by atoms with Crippen molar-refractivity contribution in [2.45, 2.75) is 45.8 Å². The van der Waals surface area contributed by atoms with Crippen molar-refractivity contribution in [3.05, 3.63) is 23.2 Å². The quantitative estimate of drug-likeness (QED) is 0.848. The first-order valence-corrected chi connectivity index (χ1v) is 6.74. The Labute approximate surface area is 117 Å². The summed E-state index contributed by atoms with van der Waals surface area (Å²) in [5.41, 5.74) is 1.20. The molecule has 106 valence electrons. The summed E-state index contributed by atoms with van der Waals surface area (Å²) in [7, 11) is 0. The fraction of sp³-hybridized carbons (Fsp3) is 0.571. The summed E-state index contributed by atoms with van der Waals surface area (Å²) in [5.74, 6) is 0.00830. The van der Waals surface area contributed by atoms with Crippen LogP contribution in [0.25, 0.3) is 0 Å². The lowest BCUT2D eigenvalue weighted by Gasteiger charge is -2.19. The highest BCUT2D eigenvalue weighted by Gasteiger charge is 2.30. The van der Waals surface area contributed by atoms with Crippen LogP contribution in [0.4, 0.5) is 14.5 Å². The highest BCUT2D eigenvalue weighted by molar-refractivity contribution is 6.32. The summed E-state index contributed by atoms with van der Waals surface area (Å²) < 4.78 is 28.5. The van der Waals surface area contributed by atoms with Gasteiger partial charge in [-0.15, -0.1) is 0 Å². The second-order valence-corrected chi connectivity index (χ2v) is 6.18. The summed E-state index contributed by atoms with van der Waals surface area (Å²) in [6, 6.07) is 5.23. The molecule has 1 aliphatic rings. The van der Waals surface area contributed by atoms with Gasteiger partial charge in [0, 0.05) is 11.7 Å². The maximum Gasteiger partial charge on any atom is 0.387 e. The van der Waals surface area contributed by atoms with Gasteiger partial charge in [0.2, 0.25) is 0 Å². The van der Waals surface area contributed by atoms with Crippen molar-refractivity contribution in [2.75, 3.05) is 5.32 Å². The van der Waals surface area contributed by atoms with Crippen LogP contribution in [-0.2, 0) is 0 Å². The predicted octanol–water partition coefficient (Wildman–Crippen LogP) is 4.93. The van der Waals surface area contributed by atoms with E-state index in [-0.39, 0.29) is 10.8 Å². The molecule has 0 bridgehead atoms. The van der Waals surface area contributed by atoms with E-state index in [1.807, 2.05) is 0 Å². The first-order valence-electron chi connectivity index (χ1n) is 6.37. The van der Waals surface area contributed by atoms with E-state index in [4.69, 9.17) is 11.6 Å². The summed E-state index contributed by atoms with van der Waals surface area (Å²) >= 11 is 5.92. The van der Waals surface area contributed by atoms with Gasteiger partial charge in [0.05, 0.1) is 5.02 Å². The zero-order valence-electron chi connectivity index (χ0n) is 11.1. The van der Waals surface area contributed by atoms with Gasteiger partial charge in [0.25, 0.3) is 0 Å². The summed E-state index contributed by atoms with van der Waals surface area (Å²) in [6.45, 7) is 1.65. The molecule has 1 N–H and O–H groups in total. The number of rotatable bonds is 4. The highest BCUT2D eigenvalue weighted by Crippen LogP contribution is 2.39. The Kier molecular flexibility index (Phi) is 4.19. The molecule has 1 aromatic carbocycles. The van der Waals surface area contributed by atoms with Crippen LogP contribution in [0.2, 0.25) is 5.02 Å². The van der Waals surface area contributed by atoms with E-state index < -0.39 is 6.61 Å². The van der Waals surface area contributed by atoms with E-state index in [0.717, 1.165) is 18.5 Å². The first-order chi connectivity index (χ1) is 8.85. The van der Waals surface area contributed by atoms with Crippen molar-refractivity contribution >= 4 is 17.3 Å². The van der Waals surface area contributed by atoms with Crippen LogP contribution in [0.3, 0.4) is 0 Å². The zero-order chi connectivity index (χ0) is 14.0. The lowest BCUT2D eigenvalue weighted by Crippen LogP contribution is -2.17. The van der Waals surface area contributed by atoms with Crippen LogP contribution in [0.1, 0.15) is 33.1 Å². The van der Waals surface area contributed by atoms with Crippen LogP contribution < -0.4 is 10.1 Å². The van der Waals surface area contributed by atoms with Crippen molar-refractivity contribution in [1.29, 1.82) is 0 Å². The van der Waals surface area contributed by atoms with E-state index in [9.17, 15) is 8.78 Å². The molecular formula is C14H18ClF2NO. The highest BCUT2D eigenvalue weighted by atomic mass is 35.5. The Morgan fingerprint density at radius 2 is 2.16 bits per heavy atom. The predicted molar refractivity (Wildman–Crippen MR) is 73.1 cm³/mol. The molecule has 2 nitrogen and oxygen atoms in total. The third-order valence-corrected chi connectivity index (χ3v) is 3.78. The summed E-state index contributed by atoms with van der Waals surface area (Å²) in [6.07, 6.45) is 3.39. The molecule has 5 heteroatoms. The monoisotopic (exact) mass is 289 g/mol. The molecule has 1 unspecified atom stereocenters. The van der Waals surface area contributed by atoms with E-state index in [1.54, 1.807) is 12.1 Å². The Hall–Kier alpha value is -1.03. The molecule has 1 fully saturated rings. The Morgan fingerprint density at radius 3 is 2.68 bits per heavy atom. The fourth-order valence-corrected chi connectivity index (χ4v) is 2.80.